The van der Waals surface area contributed by atoms with Crippen LogP contribution in [0, 0.1) is 10.1 Å². The van der Waals surface area contributed by atoms with Crippen LogP contribution >= 0.6 is 23.1 Å². The molecule has 0 aliphatic carbocycles. The molecule has 1 saturated heterocycles. The van der Waals surface area contributed by atoms with Gasteiger partial charge in [-0.3, -0.25) is 19.8 Å². The maximum absolute atomic E-state index is 13.5. The van der Waals surface area contributed by atoms with Crippen molar-refractivity contribution >= 4 is 64.4 Å². The summed E-state index contributed by atoms with van der Waals surface area (Å²) in [5, 5.41) is 39.3. The molecule has 4 N–H and O–H groups in total. The number of aromatic nitrogens is 3. The van der Waals surface area contributed by atoms with Gasteiger partial charge >= 0.3 is 5.88 Å². The van der Waals surface area contributed by atoms with Crippen LogP contribution in [0.4, 0.5) is 23.2 Å². The zero-order valence-corrected chi connectivity index (χ0v) is 25.2. The third-order valence-electron chi connectivity index (χ3n) is 6.81. The highest BCUT2D eigenvalue weighted by Gasteiger charge is 2.38. The fourth-order valence-corrected chi connectivity index (χ4v) is 6.95. The SMILES string of the molecule is CN1C(C(=O)Nc2cc(Nc3ccc(O)cc3)nc(/C=C/c3ccc([N+](=O)[O-])o3)n2)CSC1c1csc(-c2ccccc2O)n1. The number of aromatic hydroxyl groups is 2. The molecule has 1 fully saturated rings. The lowest BCUT2D eigenvalue weighted by Crippen LogP contribution is -2.40. The summed E-state index contributed by atoms with van der Waals surface area (Å²) in [7, 11) is 1.86. The molecule has 0 radical (unpaired) electrons. The monoisotopic (exact) mass is 643 g/mol. The van der Waals surface area contributed by atoms with Crippen LogP contribution in [0.2, 0.25) is 0 Å². The van der Waals surface area contributed by atoms with Gasteiger partial charge in [0.1, 0.15) is 44.2 Å². The number of carbonyl (C=O) groups excluding carboxylic acids is 1. The van der Waals surface area contributed by atoms with Crippen LogP contribution in [0.5, 0.6) is 11.5 Å². The Morgan fingerprint density at radius 2 is 1.84 bits per heavy atom. The Balaban J connectivity index is 1.20. The molecule has 6 rings (SSSR count). The van der Waals surface area contributed by atoms with Crippen molar-refractivity contribution in [2.45, 2.75) is 11.4 Å². The number of nitro groups is 1. The number of carbonyl (C=O) groups is 1. The number of nitrogens with one attached hydrogen (secondary N) is 2. The number of para-hydroxylation sites is 1. The second kappa shape index (κ2) is 12.8. The van der Waals surface area contributed by atoms with Crippen LogP contribution in [0.25, 0.3) is 22.7 Å². The molecule has 5 aromatic rings. The fourth-order valence-electron chi connectivity index (χ4n) is 4.57. The van der Waals surface area contributed by atoms with E-state index in [4.69, 9.17) is 9.40 Å². The van der Waals surface area contributed by atoms with Gasteiger partial charge in [0.15, 0.2) is 5.82 Å². The minimum Gasteiger partial charge on any atom is -0.508 e. The third-order valence-corrected chi connectivity index (χ3v) is 9.10. The van der Waals surface area contributed by atoms with Gasteiger partial charge in [-0.15, -0.1) is 23.1 Å². The first kappa shape index (κ1) is 29.8. The van der Waals surface area contributed by atoms with Crippen molar-refractivity contribution in [2.24, 2.45) is 0 Å². The Morgan fingerprint density at radius 3 is 2.60 bits per heavy atom. The predicted molar refractivity (Wildman–Crippen MR) is 172 cm³/mol. The number of amides is 1. The Labute approximate surface area is 264 Å². The predicted octanol–water partition coefficient (Wildman–Crippen LogP) is 6.11. The van der Waals surface area contributed by atoms with Crippen LogP contribution in [-0.4, -0.2) is 59.7 Å². The van der Waals surface area contributed by atoms with E-state index in [0.717, 1.165) is 5.69 Å². The molecule has 2 atom stereocenters. The third kappa shape index (κ3) is 6.80. The van der Waals surface area contributed by atoms with Crippen molar-refractivity contribution < 1.29 is 24.3 Å². The van der Waals surface area contributed by atoms with E-state index >= 15 is 0 Å². The molecular formula is C30H25N7O6S2. The summed E-state index contributed by atoms with van der Waals surface area (Å²) in [5.41, 5.74) is 2.10. The van der Waals surface area contributed by atoms with E-state index in [0.29, 0.717) is 27.8 Å². The number of phenols is 2. The summed E-state index contributed by atoms with van der Waals surface area (Å²) in [4.78, 5) is 39.5. The van der Waals surface area contributed by atoms with Gasteiger partial charge in [0.25, 0.3) is 0 Å². The minimum absolute atomic E-state index is 0.108. The van der Waals surface area contributed by atoms with Gasteiger partial charge in [-0.1, -0.05) is 12.1 Å². The second-order valence-corrected chi connectivity index (χ2v) is 11.9. The minimum atomic E-state index is -0.631. The van der Waals surface area contributed by atoms with E-state index in [1.165, 1.54) is 47.8 Å². The molecule has 1 aliphatic rings. The van der Waals surface area contributed by atoms with Crippen molar-refractivity contribution in [1.29, 1.82) is 0 Å². The van der Waals surface area contributed by atoms with Crippen molar-refractivity contribution in [2.75, 3.05) is 23.4 Å². The van der Waals surface area contributed by atoms with Crippen molar-refractivity contribution in [3.05, 3.63) is 99.5 Å². The smallest absolute Gasteiger partial charge is 0.433 e. The molecule has 15 heteroatoms. The maximum Gasteiger partial charge on any atom is 0.433 e. The molecule has 3 aromatic heterocycles. The number of hydrogen-bond donors (Lipinski definition) is 4. The van der Waals surface area contributed by atoms with Crippen molar-refractivity contribution in [1.82, 2.24) is 19.9 Å². The van der Waals surface area contributed by atoms with Crippen LogP contribution in [-0.2, 0) is 4.79 Å². The number of likely N-dealkylation sites (N-methyl/N-ethyl adjacent to an activating group) is 1. The van der Waals surface area contributed by atoms with Crippen molar-refractivity contribution in [3.63, 3.8) is 0 Å². The number of hydrogen-bond acceptors (Lipinski definition) is 13. The largest absolute Gasteiger partial charge is 0.508 e. The lowest BCUT2D eigenvalue weighted by atomic mass is 10.2. The first-order valence-electron chi connectivity index (χ1n) is 13.5. The number of furan rings is 1. The Hall–Kier alpha value is -5.25. The molecule has 0 bridgehead atoms. The molecule has 0 spiro atoms. The Bertz CT molecular complexity index is 1890. The average molecular weight is 644 g/mol. The maximum atomic E-state index is 13.5. The van der Waals surface area contributed by atoms with E-state index in [2.05, 4.69) is 20.6 Å². The number of rotatable bonds is 9. The van der Waals surface area contributed by atoms with Gasteiger partial charge in [0, 0.05) is 22.9 Å². The number of phenolic OH excluding ortho intramolecular Hbond substituents is 2. The highest BCUT2D eigenvalue weighted by atomic mass is 32.2. The van der Waals surface area contributed by atoms with E-state index in [1.54, 1.807) is 42.1 Å². The molecule has 45 heavy (non-hydrogen) atoms. The van der Waals surface area contributed by atoms with Gasteiger partial charge in [-0.2, -0.15) is 0 Å². The highest BCUT2D eigenvalue weighted by molar-refractivity contribution is 7.99. The van der Waals surface area contributed by atoms with Gasteiger partial charge in [0.2, 0.25) is 5.91 Å². The lowest BCUT2D eigenvalue weighted by molar-refractivity contribution is -0.402. The molecular weight excluding hydrogens is 619 g/mol. The number of anilines is 3. The molecule has 1 aliphatic heterocycles. The summed E-state index contributed by atoms with van der Waals surface area (Å²) in [6.45, 7) is 0. The standard InChI is InChI=1S/C30H25N7O6S2/c1-36-22(16-45-30(36)21-15-44-29(32-21)20-4-2-3-5-23(20)39)28(40)35-26-14-25(31-17-6-8-18(38)9-7-17)33-24(34-26)12-10-19-11-13-27(43-19)37(41)42/h2-15,22,30,38-39H,16H2,1H3,(H2,31,33,34,35,40)/b12-10+. The van der Waals surface area contributed by atoms with Gasteiger partial charge in [-0.05, 0) is 61.7 Å². The van der Waals surface area contributed by atoms with Crippen LogP contribution < -0.4 is 10.6 Å². The van der Waals surface area contributed by atoms with Crippen LogP contribution in [0.3, 0.4) is 0 Å². The Kier molecular flexibility index (Phi) is 8.46. The first-order chi connectivity index (χ1) is 21.7. The Morgan fingerprint density at radius 1 is 1.07 bits per heavy atom. The second-order valence-electron chi connectivity index (χ2n) is 9.89. The number of thiazole rings is 1. The summed E-state index contributed by atoms with van der Waals surface area (Å²) in [5.74, 6) is 1.16. The normalized spacial score (nSPS) is 16.6. The van der Waals surface area contributed by atoms with Crippen LogP contribution in [0.1, 0.15) is 22.7 Å². The quantitative estimate of drug-likeness (QED) is 0.0823. The summed E-state index contributed by atoms with van der Waals surface area (Å²) in [6, 6.07) is 17.2. The zero-order chi connectivity index (χ0) is 31.5. The van der Waals surface area contributed by atoms with E-state index < -0.39 is 16.8 Å². The zero-order valence-electron chi connectivity index (χ0n) is 23.5. The molecule has 4 heterocycles. The summed E-state index contributed by atoms with van der Waals surface area (Å²) < 4.78 is 5.18. The average Bonchev–Trinajstić information content (AvgIpc) is 3.78. The summed E-state index contributed by atoms with van der Waals surface area (Å²) in [6.07, 6.45) is 3.00. The molecule has 0 saturated carbocycles. The molecule has 2 aromatic carbocycles. The van der Waals surface area contributed by atoms with Gasteiger partial charge < -0.3 is 25.3 Å². The van der Waals surface area contributed by atoms with E-state index in [1.807, 2.05) is 29.5 Å². The molecule has 1 amide bonds. The fraction of sp³-hybridized carbons (Fsp3) is 0.133. The van der Waals surface area contributed by atoms with Crippen molar-refractivity contribution in [3.8, 4) is 22.1 Å². The van der Waals surface area contributed by atoms with E-state index in [9.17, 15) is 25.1 Å². The lowest BCUT2D eigenvalue weighted by Gasteiger charge is -2.22. The van der Waals surface area contributed by atoms with Gasteiger partial charge in [-0.25, -0.2) is 15.0 Å². The number of benzene rings is 2. The number of nitrogens with zero attached hydrogens (tertiary/aromatic N) is 5. The topological polar surface area (TPSA) is 180 Å². The van der Waals surface area contributed by atoms with Crippen LogP contribution in [0.15, 0.2) is 76.5 Å². The molecule has 228 valence electrons. The van der Waals surface area contributed by atoms with Gasteiger partial charge in [0.05, 0.1) is 23.4 Å². The molecule has 2 unspecified atom stereocenters. The molecule has 13 nitrogen and oxygen atoms in total. The number of thioether (sulfide) groups is 1. The van der Waals surface area contributed by atoms with E-state index in [-0.39, 0.29) is 40.2 Å². The highest BCUT2D eigenvalue weighted by Crippen LogP contribution is 2.42. The summed E-state index contributed by atoms with van der Waals surface area (Å²) >= 11 is 3.03. The first-order valence-corrected chi connectivity index (χ1v) is 15.4.